The molecule has 4 nitrogen and oxygen atoms in total. The van der Waals surface area contributed by atoms with Gasteiger partial charge in [0.15, 0.2) is 0 Å². The molecule has 0 saturated carbocycles. The van der Waals surface area contributed by atoms with Crippen molar-refractivity contribution in [3.63, 3.8) is 0 Å². The Balaban J connectivity index is 2.65. The van der Waals surface area contributed by atoms with Crippen LogP contribution in [-0.2, 0) is 11.2 Å². The van der Waals surface area contributed by atoms with Crippen LogP contribution in [0.1, 0.15) is 12.0 Å². The van der Waals surface area contributed by atoms with Crippen LogP contribution in [0, 0.1) is 5.92 Å². The molecular formula is C10H13ClN2O2. The molecule has 1 unspecified atom stereocenters. The van der Waals surface area contributed by atoms with Crippen LogP contribution in [0.2, 0.25) is 5.15 Å². The zero-order valence-corrected chi connectivity index (χ0v) is 8.94. The molecule has 5 heteroatoms. The van der Waals surface area contributed by atoms with Gasteiger partial charge in [-0.05, 0) is 31.0 Å². The fraction of sp³-hybridized carbons (Fsp3) is 0.400. The van der Waals surface area contributed by atoms with E-state index < -0.39 is 11.9 Å². The van der Waals surface area contributed by atoms with E-state index in [-0.39, 0.29) is 0 Å². The maximum absolute atomic E-state index is 10.9. The number of rotatable bonds is 5. The minimum absolute atomic E-state index is 0.373. The number of nitrogens with two attached hydrogens (primary N) is 1. The van der Waals surface area contributed by atoms with Crippen LogP contribution in [0.15, 0.2) is 18.3 Å². The second-order valence-corrected chi connectivity index (χ2v) is 3.69. The molecule has 82 valence electrons. The predicted octanol–water partition coefficient (Wildman–Crippen LogP) is 1.33. The second-order valence-electron chi connectivity index (χ2n) is 3.31. The maximum atomic E-state index is 10.9. The van der Waals surface area contributed by atoms with Gasteiger partial charge in [-0.3, -0.25) is 4.79 Å². The van der Waals surface area contributed by atoms with Gasteiger partial charge in [-0.25, -0.2) is 4.98 Å². The molecule has 0 aliphatic heterocycles. The first kappa shape index (κ1) is 11.9. The van der Waals surface area contributed by atoms with Crippen molar-refractivity contribution >= 4 is 17.6 Å². The number of aliphatic carboxylic acids is 1. The highest BCUT2D eigenvalue weighted by Gasteiger charge is 2.16. The smallest absolute Gasteiger partial charge is 0.306 e. The van der Waals surface area contributed by atoms with Crippen molar-refractivity contribution in [2.45, 2.75) is 12.8 Å². The summed E-state index contributed by atoms with van der Waals surface area (Å²) in [5.74, 6) is -1.27. The second kappa shape index (κ2) is 5.68. The van der Waals surface area contributed by atoms with Gasteiger partial charge in [-0.15, -0.1) is 0 Å². The summed E-state index contributed by atoms with van der Waals surface area (Å²) in [5.41, 5.74) is 6.21. The molecule has 0 amide bonds. The summed E-state index contributed by atoms with van der Waals surface area (Å²) in [6.07, 6.45) is 2.50. The van der Waals surface area contributed by atoms with Gasteiger partial charge in [-0.1, -0.05) is 17.7 Å². The minimum Gasteiger partial charge on any atom is -0.481 e. The average Bonchev–Trinajstić information content (AvgIpc) is 2.20. The number of nitrogens with zero attached hydrogens (tertiary/aromatic N) is 1. The fourth-order valence-electron chi connectivity index (χ4n) is 1.33. The van der Waals surface area contributed by atoms with Gasteiger partial charge in [0.2, 0.25) is 0 Å². The summed E-state index contributed by atoms with van der Waals surface area (Å²) in [6.45, 7) is 0.373. The topological polar surface area (TPSA) is 76.2 Å². The first-order chi connectivity index (χ1) is 7.13. The molecule has 15 heavy (non-hydrogen) atoms. The number of pyridine rings is 1. The monoisotopic (exact) mass is 228 g/mol. The normalized spacial score (nSPS) is 12.4. The lowest BCUT2D eigenvalue weighted by atomic mass is 9.97. The van der Waals surface area contributed by atoms with E-state index in [1.807, 2.05) is 0 Å². The van der Waals surface area contributed by atoms with E-state index in [4.69, 9.17) is 22.4 Å². The lowest BCUT2D eigenvalue weighted by Crippen LogP contribution is -2.20. The summed E-state index contributed by atoms with van der Waals surface area (Å²) < 4.78 is 0. The Morgan fingerprint density at radius 1 is 1.60 bits per heavy atom. The third-order valence-electron chi connectivity index (χ3n) is 2.14. The van der Waals surface area contributed by atoms with E-state index in [2.05, 4.69) is 4.98 Å². The maximum Gasteiger partial charge on any atom is 0.306 e. The molecule has 1 aromatic rings. The summed E-state index contributed by atoms with van der Waals surface area (Å²) in [7, 11) is 0. The van der Waals surface area contributed by atoms with Crippen molar-refractivity contribution in [1.82, 2.24) is 4.98 Å². The Kier molecular flexibility index (Phi) is 4.52. The zero-order chi connectivity index (χ0) is 11.3. The number of hydrogen-bond donors (Lipinski definition) is 2. The summed E-state index contributed by atoms with van der Waals surface area (Å²) >= 11 is 5.62. The van der Waals surface area contributed by atoms with Gasteiger partial charge in [0, 0.05) is 6.20 Å². The van der Waals surface area contributed by atoms with Gasteiger partial charge >= 0.3 is 5.97 Å². The standard InChI is InChI=1S/C10H13ClN2O2/c11-9-2-1-7(6-13-9)5-8(3-4-12)10(14)15/h1-2,6,8H,3-5,12H2,(H,14,15). The largest absolute Gasteiger partial charge is 0.481 e. The molecule has 0 aromatic carbocycles. The van der Waals surface area contributed by atoms with Crippen LogP contribution in [0.25, 0.3) is 0 Å². The summed E-state index contributed by atoms with van der Waals surface area (Å²) in [4.78, 5) is 14.8. The van der Waals surface area contributed by atoms with E-state index in [0.29, 0.717) is 24.5 Å². The van der Waals surface area contributed by atoms with Crippen molar-refractivity contribution in [2.75, 3.05) is 6.54 Å². The molecule has 0 bridgehead atoms. The SMILES string of the molecule is NCCC(Cc1ccc(Cl)nc1)C(=O)O. The van der Waals surface area contributed by atoms with Gasteiger partial charge in [-0.2, -0.15) is 0 Å². The third kappa shape index (κ3) is 3.85. The molecule has 0 fully saturated rings. The van der Waals surface area contributed by atoms with E-state index in [1.54, 1.807) is 18.3 Å². The molecule has 0 saturated heterocycles. The Morgan fingerprint density at radius 2 is 2.33 bits per heavy atom. The van der Waals surface area contributed by atoms with Crippen LogP contribution in [0.5, 0.6) is 0 Å². The Hall–Kier alpha value is -1.13. The minimum atomic E-state index is -0.824. The molecule has 0 aliphatic carbocycles. The number of carbonyl (C=O) groups is 1. The quantitative estimate of drug-likeness (QED) is 0.746. The molecular weight excluding hydrogens is 216 g/mol. The highest BCUT2D eigenvalue weighted by Crippen LogP contribution is 2.13. The first-order valence-electron chi connectivity index (χ1n) is 4.66. The molecule has 1 rings (SSSR count). The van der Waals surface area contributed by atoms with Crippen molar-refractivity contribution < 1.29 is 9.90 Å². The van der Waals surface area contributed by atoms with E-state index >= 15 is 0 Å². The Morgan fingerprint density at radius 3 is 2.80 bits per heavy atom. The number of carboxylic acids is 1. The van der Waals surface area contributed by atoms with Gasteiger partial charge in [0.05, 0.1) is 5.92 Å². The van der Waals surface area contributed by atoms with E-state index in [0.717, 1.165) is 5.56 Å². The molecule has 1 heterocycles. The van der Waals surface area contributed by atoms with Gasteiger partial charge in [0.1, 0.15) is 5.15 Å². The summed E-state index contributed by atoms with van der Waals surface area (Å²) in [5, 5.41) is 9.33. The first-order valence-corrected chi connectivity index (χ1v) is 5.04. The predicted molar refractivity (Wildman–Crippen MR) is 57.7 cm³/mol. The molecule has 1 aromatic heterocycles. The van der Waals surface area contributed by atoms with Crippen LogP contribution in [0.4, 0.5) is 0 Å². The van der Waals surface area contributed by atoms with E-state index in [1.165, 1.54) is 0 Å². The highest BCUT2D eigenvalue weighted by molar-refractivity contribution is 6.29. The lowest BCUT2D eigenvalue weighted by Gasteiger charge is -2.10. The van der Waals surface area contributed by atoms with E-state index in [9.17, 15) is 4.79 Å². The van der Waals surface area contributed by atoms with Crippen molar-refractivity contribution in [1.29, 1.82) is 0 Å². The molecule has 3 N–H and O–H groups in total. The molecule has 0 radical (unpaired) electrons. The van der Waals surface area contributed by atoms with Crippen LogP contribution < -0.4 is 5.73 Å². The van der Waals surface area contributed by atoms with Crippen molar-refractivity contribution in [3.05, 3.63) is 29.0 Å². The lowest BCUT2D eigenvalue weighted by molar-refractivity contribution is -0.141. The zero-order valence-electron chi connectivity index (χ0n) is 8.19. The average molecular weight is 229 g/mol. The molecule has 1 atom stereocenters. The number of aromatic nitrogens is 1. The number of carboxylic acid groups (broad SMARTS) is 1. The van der Waals surface area contributed by atoms with Crippen LogP contribution in [-0.4, -0.2) is 22.6 Å². The fourth-order valence-corrected chi connectivity index (χ4v) is 1.44. The van der Waals surface area contributed by atoms with Crippen molar-refractivity contribution in [2.24, 2.45) is 11.7 Å². The van der Waals surface area contributed by atoms with Crippen LogP contribution >= 0.6 is 11.6 Å². The van der Waals surface area contributed by atoms with Crippen LogP contribution in [0.3, 0.4) is 0 Å². The highest BCUT2D eigenvalue weighted by atomic mass is 35.5. The Labute approximate surface area is 93.1 Å². The third-order valence-corrected chi connectivity index (χ3v) is 2.36. The molecule has 0 aliphatic rings. The van der Waals surface area contributed by atoms with Gasteiger partial charge < -0.3 is 10.8 Å². The van der Waals surface area contributed by atoms with Gasteiger partial charge in [0.25, 0.3) is 0 Å². The Bertz CT molecular complexity index is 327. The number of halogens is 1. The number of hydrogen-bond acceptors (Lipinski definition) is 3. The summed E-state index contributed by atoms with van der Waals surface area (Å²) in [6, 6.07) is 3.43. The van der Waals surface area contributed by atoms with Crippen molar-refractivity contribution in [3.8, 4) is 0 Å². The molecule has 0 spiro atoms.